The van der Waals surface area contributed by atoms with Crippen LogP contribution in [0, 0.1) is 11.8 Å². The maximum Gasteiger partial charge on any atom is 0.253 e. The molecule has 4 rings (SSSR count). The summed E-state index contributed by atoms with van der Waals surface area (Å²) in [6.07, 6.45) is 5.75. The summed E-state index contributed by atoms with van der Waals surface area (Å²) >= 11 is 0. The van der Waals surface area contributed by atoms with Crippen molar-refractivity contribution < 1.29 is 14.4 Å². The molecular formula is C26H32N2O3. The van der Waals surface area contributed by atoms with Gasteiger partial charge in [-0.15, -0.1) is 0 Å². The molecule has 0 spiro atoms. The largest absolute Gasteiger partial charge is 0.339 e. The van der Waals surface area contributed by atoms with Gasteiger partial charge >= 0.3 is 0 Å². The van der Waals surface area contributed by atoms with Crippen molar-refractivity contribution in [2.24, 2.45) is 11.8 Å². The molecule has 31 heavy (non-hydrogen) atoms. The van der Waals surface area contributed by atoms with Gasteiger partial charge in [-0.25, -0.2) is 0 Å². The lowest BCUT2D eigenvalue weighted by Gasteiger charge is -2.29. The second kappa shape index (κ2) is 12.2. The number of piperidine rings is 2. The van der Waals surface area contributed by atoms with Crippen LogP contribution < -0.4 is 0 Å². The highest BCUT2D eigenvalue weighted by molar-refractivity contribution is 5.94. The van der Waals surface area contributed by atoms with E-state index in [2.05, 4.69) is 29.2 Å². The zero-order valence-corrected chi connectivity index (χ0v) is 18.1. The van der Waals surface area contributed by atoms with Crippen LogP contribution in [0.5, 0.6) is 0 Å². The molecule has 0 aliphatic carbocycles. The van der Waals surface area contributed by atoms with E-state index in [0.717, 1.165) is 63.5 Å². The van der Waals surface area contributed by atoms with Gasteiger partial charge in [0, 0.05) is 37.0 Å². The first kappa shape index (κ1) is 22.9. The summed E-state index contributed by atoms with van der Waals surface area (Å²) in [5.41, 5.74) is 2.09. The minimum atomic E-state index is 0.0740. The average Bonchev–Trinajstić information content (AvgIpc) is 2.86. The molecule has 0 unspecified atom stereocenters. The van der Waals surface area contributed by atoms with Crippen LogP contribution in [0.15, 0.2) is 60.7 Å². The number of rotatable bonds is 5. The molecule has 0 bridgehead atoms. The number of aldehydes is 2. The number of benzene rings is 2. The first-order chi connectivity index (χ1) is 15.2. The monoisotopic (exact) mass is 420 g/mol. The van der Waals surface area contributed by atoms with Crippen LogP contribution in [-0.2, 0) is 16.1 Å². The van der Waals surface area contributed by atoms with Gasteiger partial charge in [0.1, 0.15) is 12.6 Å². The van der Waals surface area contributed by atoms with Crippen molar-refractivity contribution in [3.8, 4) is 0 Å². The van der Waals surface area contributed by atoms with Gasteiger partial charge in [0.15, 0.2) is 0 Å². The Morgan fingerprint density at radius 2 is 1.23 bits per heavy atom. The number of carbonyl (C=O) groups is 3. The summed E-state index contributed by atoms with van der Waals surface area (Å²) < 4.78 is 0. The van der Waals surface area contributed by atoms with Gasteiger partial charge in [-0.3, -0.25) is 9.69 Å². The average molecular weight is 421 g/mol. The van der Waals surface area contributed by atoms with Gasteiger partial charge in [-0.1, -0.05) is 48.5 Å². The van der Waals surface area contributed by atoms with E-state index in [0.29, 0.717) is 19.0 Å². The van der Waals surface area contributed by atoms with E-state index in [1.54, 1.807) is 0 Å². The van der Waals surface area contributed by atoms with E-state index < -0.39 is 0 Å². The molecule has 0 atom stereocenters. The van der Waals surface area contributed by atoms with Crippen molar-refractivity contribution in [2.45, 2.75) is 32.2 Å². The summed E-state index contributed by atoms with van der Waals surface area (Å²) in [6.45, 7) is 4.51. The molecule has 5 heteroatoms. The molecule has 0 saturated carbocycles. The van der Waals surface area contributed by atoms with Gasteiger partial charge in [-0.2, -0.15) is 0 Å². The Balaban J connectivity index is 0.000000176. The Morgan fingerprint density at radius 3 is 1.74 bits per heavy atom. The van der Waals surface area contributed by atoms with E-state index in [-0.39, 0.29) is 11.8 Å². The van der Waals surface area contributed by atoms with Crippen LogP contribution in [-0.4, -0.2) is 54.5 Å². The molecular weight excluding hydrogens is 388 g/mol. The molecule has 2 aliphatic rings. The lowest BCUT2D eigenvalue weighted by atomic mass is 9.98. The van der Waals surface area contributed by atoms with Gasteiger partial charge in [-0.05, 0) is 56.5 Å². The molecule has 0 radical (unpaired) electrons. The molecule has 2 saturated heterocycles. The Kier molecular flexibility index (Phi) is 8.98. The molecule has 2 aliphatic heterocycles. The number of amides is 1. The number of hydrogen-bond acceptors (Lipinski definition) is 4. The Morgan fingerprint density at radius 1 is 0.742 bits per heavy atom. The van der Waals surface area contributed by atoms with Crippen LogP contribution in [0.1, 0.15) is 41.6 Å². The molecule has 2 aromatic rings. The Hall–Kier alpha value is -2.79. The first-order valence-electron chi connectivity index (χ1n) is 11.2. The number of nitrogens with zero attached hydrogens (tertiary/aromatic N) is 2. The molecule has 2 heterocycles. The standard InChI is InChI=1S/C13H15NO2.C13H17NO/c15-10-11-6-8-14(9-7-11)13(16)12-4-2-1-3-5-12;15-11-13-6-8-14(9-7-13)10-12-4-2-1-3-5-12/h1-5,10-11H,6-9H2;1-5,11,13H,6-10H2. The summed E-state index contributed by atoms with van der Waals surface area (Å²) in [6, 6.07) is 19.8. The quantitative estimate of drug-likeness (QED) is 0.690. The summed E-state index contributed by atoms with van der Waals surface area (Å²) in [4.78, 5) is 37.5. The van der Waals surface area contributed by atoms with Crippen molar-refractivity contribution in [1.29, 1.82) is 0 Å². The second-order valence-corrected chi connectivity index (χ2v) is 8.37. The van der Waals surface area contributed by atoms with Crippen LogP contribution in [0.2, 0.25) is 0 Å². The maximum absolute atomic E-state index is 12.0. The Bertz CT molecular complexity index is 809. The minimum absolute atomic E-state index is 0.0740. The van der Waals surface area contributed by atoms with E-state index >= 15 is 0 Å². The topological polar surface area (TPSA) is 57.7 Å². The third-order valence-corrected chi connectivity index (χ3v) is 6.11. The molecule has 5 nitrogen and oxygen atoms in total. The normalized spacial score (nSPS) is 18.0. The van der Waals surface area contributed by atoms with Gasteiger partial charge < -0.3 is 14.5 Å². The highest BCUT2D eigenvalue weighted by atomic mass is 16.2. The van der Waals surface area contributed by atoms with Gasteiger partial charge in [0.05, 0.1) is 0 Å². The second-order valence-electron chi connectivity index (χ2n) is 8.37. The molecule has 0 aromatic heterocycles. The van der Waals surface area contributed by atoms with Crippen molar-refractivity contribution in [2.75, 3.05) is 26.2 Å². The number of hydrogen-bond donors (Lipinski definition) is 0. The highest BCUT2D eigenvalue weighted by Crippen LogP contribution is 2.18. The summed E-state index contributed by atoms with van der Waals surface area (Å²) in [7, 11) is 0. The number of likely N-dealkylation sites (tertiary alicyclic amines) is 2. The van der Waals surface area contributed by atoms with Crippen molar-refractivity contribution in [3.05, 3.63) is 71.8 Å². The fourth-order valence-electron chi connectivity index (χ4n) is 4.09. The van der Waals surface area contributed by atoms with E-state index in [1.807, 2.05) is 41.3 Å². The number of carbonyl (C=O) groups excluding carboxylic acids is 3. The summed E-state index contributed by atoms with van der Waals surface area (Å²) in [5.74, 6) is 0.516. The minimum Gasteiger partial charge on any atom is -0.339 e. The summed E-state index contributed by atoms with van der Waals surface area (Å²) in [5, 5.41) is 0. The van der Waals surface area contributed by atoms with Crippen LogP contribution in [0.25, 0.3) is 0 Å². The van der Waals surface area contributed by atoms with E-state index in [4.69, 9.17) is 0 Å². The zero-order chi connectivity index (χ0) is 21.9. The fourth-order valence-corrected chi connectivity index (χ4v) is 4.09. The van der Waals surface area contributed by atoms with Crippen LogP contribution in [0.3, 0.4) is 0 Å². The van der Waals surface area contributed by atoms with E-state index in [1.165, 1.54) is 5.56 Å². The van der Waals surface area contributed by atoms with Crippen molar-refractivity contribution in [1.82, 2.24) is 9.80 Å². The predicted octanol–water partition coefficient (Wildman–Crippen LogP) is 3.84. The van der Waals surface area contributed by atoms with Crippen LogP contribution in [0.4, 0.5) is 0 Å². The van der Waals surface area contributed by atoms with Gasteiger partial charge in [0.25, 0.3) is 5.91 Å². The smallest absolute Gasteiger partial charge is 0.253 e. The molecule has 1 amide bonds. The molecule has 0 N–H and O–H groups in total. The van der Waals surface area contributed by atoms with E-state index in [9.17, 15) is 14.4 Å². The SMILES string of the molecule is O=CC1CCN(C(=O)c2ccccc2)CC1.O=CC1CCN(Cc2ccccc2)CC1. The predicted molar refractivity (Wildman–Crippen MR) is 122 cm³/mol. The third kappa shape index (κ3) is 7.14. The van der Waals surface area contributed by atoms with Crippen molar-refractivity contribution in [3.63, 3.8) is 0 Å². The molecule has 2 aromatic carbocycles. The molecule has 164 valence electrons. The van der Waals surface area contributed by atoms with Crippen molar-refractivity contribution >= 4 is 18.5 Å². The maximum atomic E-state index is 12.0. The fraction of sp³-hybridized carbons (Fsp3) is 0.423. The molecule has 2 fully saturated rings. The highest BCUT2D eigenvalue weighted by Gasteiger charge is 2.23. The Labute approximate surface area is 185 Å². The lowest BCUT2D eigenvalue weighted by Crippen LogP contribution is -2.38. The van der Waals surface area contributed by atoms with Gasteiger partial charge in [0.2, 0.25) is 0 Å². The third-order valence-electron chi connectivity index (χ3n) is 6.11. The lowest BCUT2D eigenvalue weighted by molar-refractivity contribution is -0.113. The zero-order valence-electron chi connectivity index (χ0n) is 18.1. The van der Waals surface area contributed by atoms with Crippen LogP contribution >= 0.6 is 0 Å². The first-order valence-corrected chi connectivity index (χ1v) is 11.2.